The fourth-order valence-electron chi connectivity index (χ4n) is 3.06. The number of carbonyl (C=O) groups is 1. The Balaban J connectivity index is 1.65. The molecule has 3 aromatic rings. The number of amides is 1. The number of rotatable bonds is 9. The summed E-state index contributed by atoms with van der Waals surface area (Å²) in [5.41, 5.74) is 3.79. The molecule has 0 fully saturated rings. The molecule has 1 N–H and O–H groups in total. The second-order valence-corrected chi connectivity index (χ2v) is 6.85. The lowest BCUT2D eigenvalue weighted by atomic mass is 10.1. The van der Waals surface area contributed by atoms with Crippen LogP contribution in [0.3, 0.4) is 0 Å². The summed E-state index contributed by atoms with van der Waals surface area (Å²) >= 11 is 0. The van der Waals surface area contributed by atoms with Gasteiger partial charge in [0.1, 0.15) is 18.1 Å². The Morgan fingerprint density at radius 2 is 1.76 bits per heavy atom. The SMILES string of the molecule is CCOc1ccc(C(=O)NCCc2ccccc2)cc1COc1cccc(C)c1. The second kappa shape index (κ2) is 10.3. The molecule has 0 atom stereocenters. The number of nitrogens with one attached hydrogen (secondary N) is 1. The van der Waals surface area contributed by atoms with Crippen LogP contribution < -0.4 is 14.8 Å². The smallest absolute Gasteiger partial charge is 0.251 e. The highest BCUT2D eigenvalue weighted by Crippen LogP contribution is 2.23. The third-order valence-electron chi connectivity index (χ3n) is 4.55. The molecule has 0 heterocycles. The largest absolute Gasteiger partial charge is 0.493 e. The molecule has 3 aromatic carbocycles. The Bertz CT molecular complexity index is 938. The number of benzene rings is 3. The summed E-state index contributed by atoms with van der Waals surface area (Å²) in [7, 11) is 0. The van der Waals surface area contributed by atoms with Crippen LogP contribution >= 0.6 is 0 Å². The van der Waals surface area contributed by atoms with Gasteiger partial charge in [0.05, 0.1) is 6.61 Å². The van der Waals surface area contributed by atoms with Crippen LogP contribution in [0, 0.1) is 6.92 Å². The minimum Gasteiger partial charge on any atom is -0.493 e. The van der Waals surface area contributed by atoms with Crippen molar-refractivity contribution >= 4 is 5.91 Å². The Morgan fingerprint density at radius 1 is 0.931 bits per heavy atom. The quantitative estimate of drug-likeness (QED) is 0.564. The fourth-order valence-corrected chi connectivity index (χ4v) is 3.06. The Kier molecular flexibility index (Phi) is 7.28. The summed E-state index contributed by atoms with van der Waals surface area (Å²) in [6.45, 7) is 5.45. The predicted octanol–water partition coefficient (Wildman–Crippen LogP) is 4.95. The van der Waals surface area contributed by atoms with Crippen LogP contribution in [0.15, 0.2) is 72.8 Å². The molecule has 0 aliphatic carbocycles. The molecule has 29 heavy (non-hydrogen) atoms. The van der Waals surface area contributed by atoms with Crippen molar-refractivity contribution in [2.75, 3.05) is 13.2 Å². The maximum absolute atomic E-state index is 12.6. The average Bonchev–Trinajstić information content (AvgIpc) is 2.74. The molecule has 3 rings (SSSR count). The molecular weight excluding hydrogens is 362 g/mol. The van der Waals surface area contributed by atoms with E-state index in [0.29, 0.717) is 25.3 Å². The molecule has 0 saturated heterocycles. The van der Waals surface area contributed by atoms with Gasteiger partial charge in [0.2, 0.25) is 0 Å². The van der Waals surface area contributed by atoms with Crippen LogP contribution in [0.1, 0.15) is 34.0 Å². The lowest BCUT2D eigenvalue weighted by Crippen LogP contribution is -2.25. The molecule has 0 unspecified atom stereocenters. The first-order valence-electron chi connectivity index (χ1n) is 9.93. The molecule has 0 aromatic heterocycles. The molecule has 0 bridgehead atoms. The van der Waals surface area contributed by atoms with E-state index in [-0.39, 0.29) is 5.91 Å². The van der Waals surface area contributed by atoms with Crippen molar-refractivity contribution in [3.8, 4) is 11.5 Å². The maximum atomic E-state index is 12.6. The van der Waals surface area contributed by atoms with Crippen LogP contribution in [0.2, 0.25) is 0 Å². The summed E-state index contributed by atoms with van der Waals surface area (Å²) in [4.78, 5) is 12.6. The third-order valence-corrected chi connectivity index (χ3v) is 4.55. The summed E-state index contributed by atoms with van der Waals surface area (Å²) < 4.78 is 11.6. The highest BCUT2D eigenvalue weighted by atomic mass is 16.5. The van der Waals surface area contributed by atoms with Gasteiger partial charge in [-0.1, -0.05) is 42.5 Å². The molecule has 0 aliphatic heterocycles. The molecule has 0 radical (unpaired) electrons. The van der Waals surface area contributed by atoms with Gasteiger partial charge < -0.3 is 14.8 Å². The van der Waals surface area contributed by atoms with Gasteiger partial charge in [-0.3, -0.25) is 4.79 Å². The van der Waals surface area contributed by atoms with Crippen molar-refractivity contribution in [3.05, 3.63) is 95.1 Å². The van der Waals surface area contributed by atoms with E-state index in [9.17, 15) is 4.79 Å². The third kappa shape index (κ3) is 6.11. The van der Waals surface area contributed by atoms with E-state index in [1.54, 1.807) is 6.07 Å². The van der Waals surface area contributed by atoms with Crippen molar-refractivity contribution in [2.45, 2.75) is 26.9 Å². The van der Waals surface area contributed by atoms with Gasteiger partial charge in [-0.05, 0) is 61.7 Å². The average molecular weight is 389 g/mol. The van der Waals surface area contributed by atoms with Crippen molar-refractivity contribution in [1.82, 2.24) is 5.32 Å². The molecule has 4 heteroatoms. The molecule has 4 nitrogen and oxygen atoms in total. The zero-order valence-electron chi connectivity index (χ0n) is 17.0. The van der Waals surface area contributed by atoms with Gasteiger partial charge in [-0.25, -0.2) is 0 Å². The number of hydrogen-bond acceptors (Lipinski definition) is 3. The zero-order valence-corrected chi connectivity index (χ0v) is 17.0. The highest BCUT2D eigenvalue weighted by Gasteiger charge is 2.11. The van der Waals surface area contributed by atoms with E-state index in [0.717, 1.165) is 29.0 Å². The molecule has 150 valence electrons. The van der Waals surface area contributed by atoms with Crippen LogP contribution in [0.4, 0.5) is 0 Å². The number of carbonyl (C=O) groups excluding carboxylic acids is 1. The number of hydrogen-bond donors (Lipinski definition) is 1. The standard InChI is InChI=1S/C25H27NO3/c1-3-28-24-13-12-21(25(27)26-15-14-20-9-5-4-6-10-20)17-22(24)18-29-23-11-7-8-19(2)16-23/h4-13,16-17H,3,14-15,18H2,1-2H3,(H,26,27). The summed E-state index contributed by atoms with van der Waals surface area (Å²) in [5, 5.41) is 2.99. The molecule has 0 aliphatic rings. The highest BCUT2D eigenvalue weighted by molar-refractivity contribution is 5.94. The lowest BCUT2D eigenvalue weighted by molar-refractivity contribution is 0.0954. The van der Waals surface area contributed by atoms with E-state index in [1.165, 1.54) is 5.56 Å². The Labute approximate surface area is 172 Å². The number of ether oxygens (including phenoxy) is 2. The molecule has 0 saturated carbocycles. The van der Waals surface area contributed by atoms with Crippen molar-refractivity contribution in [3.63, 3.8) is 0 Å². The van der Waals surface area contributed by atoms with Gasteiger partial charge in [-0.2, -0.15) is 0 Å². The van der Waals surface area contributed by atoms with Crippen LogP contribution in [0.25, 0.3) is 0 Å². The Hall–Kier alpha value is -3.27. The van der Waals surface area contributed by atoms with Crippen LogP contribution in [-0.2, 0) is 13.0 Å². The van der Waals surface area contributed by atoms with E-state index < -0.39 is 0 Å². The van der Waals surface area contributed by atoms with Gasteiger partial charge >= 0.3 is 0 Å². The first-order chi connectivity index (χ1) is 14.2. The van der Waals surface area contributed by atoms with Gasteiger partial charge in [-0.15, -0.1) is 0 Å². The first-order valence-corrected chi connectivity index (χ1v) is 9.93. The lowest BCUT2D eigenvalue weighted by Gasteiger charge is -2.14. The minimum atomic E-state index is -0.0965. The van der Waals surface area contributed by atoms with E-state index >= 15 is 0 Å². The van der Waals surface area contributed by atoms with Crippen LogP contribution in [0.5, 0.6) is 11.5 Å². The van der Waals surface area contributed by atoms with Crippen LogP contribution in [-0.4, -0.2) is 19.1 Å². The van der Waals surface area contributed by atoms with Gasteiger partial charge in [0.25, 0.3) is 5.91 Å². The van der Waals surface area contributed by atoms with Crippen molar-refractivity contribution in [2.24, 2.45) is 0 Å². The topological polar surface area (TPSA) is 47.6 Å². The summed E-state index contributed by atoms with van der Waals surface area (Å²) in [5.74, 6) is 1.44. The van der Waals surface area contributed by atoms with Crippen molar-refractivity contribution < 1.29 is 14.3 Å². The maximum Gasteiger partial charge on any atom is 0.251 e. The fraction of sp³-hybridized carbons (Fsp3) is 0.240. The Morgan fingerprint density at radius 3 is 2.52 bits per heavy atom. The summed E-state index contributed by atoms with van der Waals surface area (Å²) in [6, 6.07) is 23.5. The van der Waals surface area contributed by atoms with E-state index in [1.807, 2.05) is 68.4 Å². The zero-order chi connectivity index (χ0) is 20.5. The first kappa shape index (κ1) is 20.5. The van der Waals surface area contributed by atoms with Gasteiger partial charge in [0.15, 0.2) is 0 Å². The van der Waals surface area contributed by atoms with Gasteiger partial charge in [0, 0.05) is 17.7 Å². The van der Waals surface area contributed by atoms with E-state index in [2.05, 4.69) is 17.4 Å². The molecule has 0 spiro atoms. The normalized spacial score (nSPS) is 10.4. The second-order valence-electron chi connectivity index (χ2n) is 6.85. The molecular formula is C25H27NO3. The van der Waals surface area contributed by atoms with Crippen molar-refractivity contribution in [1.29, 1.82) is 0 Å². The summed E-state index contributed by atoms with van der Waals surface area (Å²) in [6.07, 6.45) is 0.799. The van der Waals surface area contributed by atoms with E-state index in [4.69, 9.17) is 9.47 Å². The molecule has 1 amide bonds. The predicted molar refractivity (Wildman–Crippen MR) is 116 cm³/mol. The number of aryl methyl sites for hydroxylation is 1. The monoisotopic (exact) mass is 389 g/mol. The minimum absolute atomic E-state index is 0.0965.